The second kappa shape index (κ2) is 6.90. The molecule has 20 heavy (non-hydrogen) atoms. The molecule has 1 unspecified atom stereocenters. The summed E-state index contributed by atoms with van der Waals surface area (Å²) in [6, 6.07) is 8.03. The SMILES string of the molecule is OC(CCc1ccccn1)Cc1c(F)ccc(Br)c1F. The predicted molar refractivity (Wildman–Crippen MR) is 76.3 cm³/mol. The zero-order valence-corrected chi connectivity index (χ0v) is 12.3. The van der Waals surface area contributed by atoms with E-state index in [-0.39, 0.29) is 16.5 Å². The molecule has 2 aromatic rings. The molecule has 0 saturated heterocycles. The number of nitrogens with zero attached hydrogens (tertiary/aromatic N) is 1. The first-order valence-electron chi connectivity index (χ1n) is 6.28. The van der Waals surface area contributed by atoms with Gasteiger partial charge >= 0.3 is 0 Å². The van der Waals surface area contributed by atoms with E-state index >= 15 is 0 Å². The highest BCUT2D eigenvalue weighted by Crippen LogP contribution is 2.23. The van der Waals surface area contributed by atoms with Gasteiger partial charge in [0, 0.05) is 23.9 Å². The van der Waals surface area contributed by atoms with Gasteiger partial charge in [-0.25, -0.2) is 8.78 Å². The number of aryl methyl sites for hydroxylation is 1. The van der Waals surface area contributed by atoms with Crippen LogP contribution in [0, 0.1) is 11.6 Å². The quantitative estimate of drug-likeness (QED) is 0.842. The Hall–Kier alpha value is -1.33. The standard InChI is InChI=1S/C15H14BrF2NO/c16-13-6-7-14(17)12(15(13)18)9-11(20)5-4-10-3-1-2-8-19-10/h1-3,6-8,11,20H,4-5,9H2. The minimum absolute atomic E-state index is 0.0516. The van der Waals surface area contributed by atoms with Gasteiger partial charge in [0.25, 0.3) is 0 Å². The van der Waals surface area contributed by atoms with Crippen LogP contribution in [0.2, 0.25) is 0 Å². The number of rotatable bonds is 5. The fourth-order valence-electron chi connectivity index (χ4n) is 1.95. The molecule has 1 N–H and O–H groups in total. The molecule has 1 aromatic heterocycles. The van der Waals surface area contributed by atoms with E-state index in [0.29, 0.717) is 12.8 Å². The molecular weight excluding hydrogens is 328 g/mol. The maximum Gasteiger partial charge on any atom is 0.143 e. The lowest BCUT2D eigenvalue weighted by Crippen LogP contribution is -2.14. The molecule has 0 aliphatic rings. The van der Waals surface area contributed by atoms with E-state index in [2.05, 4.69) is 20.9 Å². The van der Waals surface area contributed by atoms with E-state index in [4.69, 9.17) is 0 Å². The van der Waals surface area contributed by atoms with E-state index in [9.17, 15) is 13.9 Å². The zero-order valence-electron chi connectivity index (χ0n) is 10.7. The molecule has 0 spiro atoms. The van der Waals surface area contributed by atoms with Crippen LogP contribution in [0.25, 0.3) is 0 Å². The number of aliphatic hydroxyl groups excluding tert-OH is 1. The smallest absolute Gasteiger partial charge is 0.143 e. The van der Waals surface area contributed by atoms with Crippen LogP contribution in [0.3, 0.4) is 0 Å². The van der Waals surface area contributed by atoms with Crippen LogP contribution in [-0.4, -0.2) is 16.2 Å². The second-order valence-corrected chi connectivity index (χ2v) is 5.39. The number of hydrogen-bond donors (Lipinski definition) is 1. The average Bonchev–Trinajstić information content (AvgIpc) is 2.46. The largest absolute Gasteiger partial charge is 0.393 e. The third-order valence-corrected chi connectivity index (χ3v) is 3.65. The third-order valence-electron chi connectivity index (χ3n) is 3.04. The predicted octanol–water partition coefficient (Wildman–Crippen LogP) is 3.66. The lowest BCUT2D eigenvalue weighted by atomic mass is 10.0. The van der Waals surface area contributed by atoms with Gasteiger partial charge in [-0.3, -0.25) is 4.98 Å². The van der Waals surface area contributed by atoms with Crippen molar-refractivity contribution >= 4 is 15.9 Å². The van der Waals surface area contributed by atoms with Crippen molar-refractivity contribution in [3.05, 3.63) is 63.9 Å². The van der Waals surface area contributed by atoms with Gasteiger partial charge < -0.3 is 5.11 Å². The molecule has 0 radical (unpaired) electrons. The van der Waals surface area contributed by atoms with Crippen molar-refractivity contribution in [3.63, 3.8) is 0 Å². The van der Waals surface area contributed by atoms with E-state index in [0.717, 1.165) is 5.69 Å². The number of halogens is 3. The van der Waals surface area contributed by atoms with Crippen molar-refractivity contribution in [1.29, 1.82) is 0 Å². The zero-order chi connectivity index (χ0) is 14.5. The molecule has 1 heterocycles. The molecule has 0 bridgehead atoms. The summed E-state index contributed by atoms with van der Waals surface area (Å²) in [5.74, 6) is -1.29. The van der Waals surface area contributed by atoms with Crippen molar-refractivity contribution in [2.75, 3.05) is 0 Å². The van der Waals surface area contributed by atoms with Crippen LogP contribution in [0.1, 0.15) is 17.7 Å². The summed E-state index contributed by atoms with van der Waals surface area (Å²) in [5, 5.41) is 9.93. The molecule has 0 aliphatic heterocycles. The van der Waals surface area contributed by atoms with Crippen LogP contribution >= 0.6 is 15.9 Å². The van der Waals surface area contributed by atoms with Crippen molar-refractivity contribution < 1.29 is 13.9 Å². The Morgan fingerprint density at radius 1 is 1.20 bits per heavy atom. The Balaban J connectivity index is 1.98. The molecule has 0 fully saturated rings. The van der Waals surface area contributed by atoms with Crippen molar-refractivity contribution in [1.82, 2.24) is 4.98 Å². The van der Waals surface area contributed by atoms with Crippen LogP contribution < -0.4 is 0 Å². The summed E-state index contributed by atoms with van der Waals surface area (Å²) in [5.41, 5.74) is 0.759. The molecule has 0 amide bonds. The first-order valence-corrected chi connectivity index (χ1v) is 7.07. The molecule has 1 aromatic carbocycles. The number of aromatic nitrogens is 1. The maximum atomic E-state index is 13.8. The van der Waals surface area contributed by atoms with Crippen LogP contribution in [-0.2, 0) is 12.8 Å². The van der Waals surface area contributed by atoms with Crippen molar-refractivity contribution in [2.45, 2.75) is 25.4 Å². The number of benzene rings is 1. The summed E-state index contributed by atoms with van der Waals surface area (Å²) in [7, 11) is 0. The number of pyridine rings is 1. The minimum atomic E-state index is -0.810. The van der Waals surface area contributed by atoms with Crippen molar-refractivity contribution in [2.24, 2.45) is 0 Å². The molecule has 5 heteroatoms. The summed E-state index contributed by atoms with van der Waals surface area (Å²) in [4.78, 5) is 4.14. The fourth-order valence-corrected chi connectivity index (χ4v) is 2.33. The Bertz CT molecular complexity index is 578. The molecule has 2 nitrogen and oxygen atoms in total. The van der Waals surface area contributed by atoms with Gasteiger partial charge in [-0.1, -0.05) is 6.07 Å². The molecule has 2 rings (SSSR count). The lowest BCUT2D eigenvalue weighted by molar-refractivity contribution is 0.162. The molecular formula is C15H14BrF2NO. The van der Waals surface area contributed by atoms with Gasteiger partial charge in [0.15, 0.2) is 0 Å². The van der Waals surface area contributed by atoms with Crippen LogP contribution in [0.4, 0.5) is 8.78 Å². The van der Waals surface area contributed by atoms with E-state index < -0.39 is 17.7 Å². The molecule has 106 valence electrons. The molecule has 1 atom stereocenters. The molecule has 0 saturated carbocycles. The first-order chi connectivity index (χ1) is 9.58. The van der Waals surface area contributed by atoms with E-state index in [1.54, 1.807) is 6.20 Å². The van der Waals surface area contributed by atoms with Crippen molar-refractivity contribution in [3.8, 4) is 0 Å². The summed E-state index contributed by atoms with van der Waals surface area (Å²) < 4.78 is 27.5. The first kappa shape index (κ1) is 15.1. The van der Waals surface area contributed by atoms with Gasteiger partial charge in [0.2, 0.25) is 0 Å². The van der Waals surface area contributed by atoms with Gasteiger partial charge in [-0.15, -0.1) is 0 Å². The highest BCUT2D eigenvalue weighted by molar-refractivity contribution is 9.10. The summed E-state index contributed by atoms with van der Waals surface area (Å²) >= 11 is 3.01. The van der Waals surface area contributed by atoms with E-state index in [1.165, 1.54) is 12.1 Å². The lowest BCUT2D eigenvalue weighted by Gasteiger charge is -2.12. The Morgan fingerprint density at radius 2 is 2.00 bits per heavy atom. The van der Waals surface area contributed by atoms with Gasteiger partial charge in [0.05, 0.1) is 10.6 Å². The minimum Gasteiger partial charge on any atom is -0.393 e. The normalized spacial score (nSPS) is 12.4. The van der Waals surface area contributed by atoms with E-state index in [1.807, 2.05) is 18.2 Å². The van der Waals surface area contributed by atoms with Crippen LogP contribution in [0.5, 0.6) is 0 Å². The fraction of sp³-hybridized carbons (Fsp3) is 0.267. The van der Waals surface area contributed by atoms with Gasteiger partial charge in [-0.05, 0) is 53.0 Å². The topological polar surface area (TPSA) is 33.1 Å². The summed E-state index contributed by atoms with van der Waals surface area (Å²) in [6.07, 6.45) is 1.79. The number of aliphatic hydroxyl groups is 1. The maximum absolute atomic E-state index is 13.8. The monoisotopic (exact) mass is 341 g/mol. The molecule has 0 aliphatic carbocycles. The average molecular weight is 342 g/mol. The Morgan fingerprint density at radius 3 is 2.70 bits per heavy atom. The highest BCUT2D eigenvalue weighted by Gasteiger charge is 2.16. The Kier molecular flexibility index (Phi) is 5.20. The number of hydrogen-bond acceptors (Lipinski definition) is 2. The third kappa shape index (κ3) is 3.84. The Labute approximate surface area is 124 Å². The second-order valence-electron chi connectivity index (χ2n) is 4.54. The highest BCUT2D eigenvalue weighted by atomic mass is 79.9. The van der Waals surface area contributed by atoms with Gasteiger partial charge in [-0.2, -0.15) is 0 Å². The van der Waals surface area contributed by atoms with Crippen LogP contribution in [0.15, 0.2) is 41.0 Å². The van der Waals surface area contributed by atoms with Gasteiger partial charge in [0.1, 0.15) is 11.6 Å². The summed E-state index contributed by atoms with van der Waals surface area (Å²) in [6.45, 7) is 0.